The molecule has 5 heterocycles. The van der Waals surface area contributed by atoms with E-state index in [1.807, 2.05) is 6.07 Å². The van der Waals surface area contributed by atoms with Gasteiger partial charge in [0.2, 0.25) is 0 Å². The van der Waals surface area contributed by atoms with Crippen LogP contribution in [0.15, 0.2) is 18.5 Å². The molecule has 1 saturated heterocycles. The third kappa shape index (κ3) is 2.57. The van der Waals surface area contributed by atoms with Crippen LogP contribution in [-0.2, 0) is 21.1 Å². The van der Waals surface area contributed by atoms with Crippen LogP contribution in [0.5, 0.6) is 0 Å². The van der Waals surface area contributed by atoms with Gasteiger partial charge in [0.05, 0.1) is 36.5 Å². The van der Waals surface area contributed by atoms with E-state index in [0.29, 0.717) is 37.6 Å². The molecule has 2 atom stereocenters. The Bertz CT molecular complexity index is 1140. The van der Waals surface area contributed by atoms with Gasteiger partial charge >= 0.3 is 0 Å². The minimum Gasteiger partial charge on any atom is -0.377 e. The summed E-state index contributed by atoms with van der Waals surface area (Å²) in [7, 11) is -2.91. The number of anilines is 2. The summed E-state index contributed by atoms with van der Waals surface area (Å²) in [4.78, 5) is 7.23. The molecule has 5 rings (SSSR count). The minimum atomic E-state index is -2.91. The highest BCUT2D eigenvalue weighted by molar-refractivity contribution is 7.93. The normalized spacial score (nSPS) is 21.9. The van der Waals surface area contributed by atoms with Gasteiger partial charge in [-0.15, -0.1) is 0 Å². The van der Waals surface area contributed by atoms with Gasteiger partial charge < -0.3 is 9.64 Å². The number of nitrogens with one attached hydrogen (secondary N) is 2. The monoisotopic (exact) mass is 402 g/mol. The molecule has 148 valence electrons. The van der Waals surface area contributed by atoms with Crippen LogP contribution >= 0.6 is 0 Å². The predicted molar refractivity (Wildman–Crippen MR) is 106 cm³/mol. The van der Waals surface area contributed by atoms with Crippen LogP contribution in [0.3, 0.4) is 0 Å². The first-order valence-electron chi connectivity index (χ1n) is 9.22. The Morgan fingerprint density at radius 3 is 2.96 bits per heavy atom. The standard InChI is InChI=1S/C17H22N8O2S/c1-11-10-27-8-7-23(11)16-12-4-6-24(28(2,18)26)15(12)13-9-20-25(17(13)21-16)14-3-5-19-22-14/h3,5,9,11,18H,4,6-8,10H2,1-2H3,(H,19,22)/t11-,28?/m1/s1. The molecule has 3 aromatic heterocycles. The first-order chi connectivity index (χ1) is 13.4. The van der Waals surface area contributed by atoms with E-state index in [-0.39, 0.29) is 6.04 Å². The van der Waals surface area contributed by atoms with Crippen LogP contribution in [-0.4, -0.2) is 67.8 Å². The fraction of sp³-hybridized carbons (Fsp3) is 0.471. The average Bonchev–Trinajstić information content (AvgIpc) is 3.38. The zero-order chi connectivity index (χ0) is 19.5. The van der Waals surface area contributed by atoms with E-state index >= 15 is 0 Å². The predicted octanol–water partition coefficient (Wildman–Crippen LogP) is 1.32. The molecule has 2 aliphatic heterocycles. The van der Waals surface area contributed by atoms with Crippen LogP contribution < -0.4 is 9.21 Å². The molecule has 0 bridgehead atoms. The van der Waals surface area contributed by atoms with Gasteiger partial charge in [0.25, 0.3) is 0 Å². The summed E-state index contributed by atoms with van der Waals surface area (Å²) in [6, 6.07) is 2.00. The first-order valence-corrected chi connectivity index (χ1v) is 11.1. The summed E-state index contributed by atoms with van der Waals surface area (Å²) in [6.07, 6.45) is 5.63. The Morgan fingerprint density at radius 2 is 2.25 bits per heavy atom. The number of aromatic amines is 1. The fourth-order valence-corrected chi connectivity index (χ4v) is 5.06. The Labute approximate surface area is 162 Å². The number of hydrogen-bond donors (Lipinski definition) is 2. The second-order valence-corrected chi connectivity index (χ2v) is 9.31. The van der Waals surface area contributed by atoms with Crippen molar-refractivity contribution >= 4 is 32.5 Å². The number of morpholine rings is 1. The van der Waals surface area contributed by atoms with Crippen molar-refractivity contribution in [2.45, 2.75) is 19.4 Å². The molecule has 2 aliphatic rings. The van der Waals surface area contributed by atoms with Gasteiger partial charge in [-0.2, -0.15) is 14.9 Å². The Kier molecular flexibility index (Phi) is 3.85. The molecule has 1 fully saturated rings. The molecule has 10 nitrogen and oxygen atoms in total. The Balaban J connectivity index is 1.79. The maximum atomic E-state index is 12.7. The number of pyridine rings is 1. The molecular weight excluding hydrogens is 380 g/mol. The largest absolute Gasteiger partial charge is 0.377 e. The quantitative estimate of drug-likeness (QED) is 0.683. The number of H-pyrrole nitrogens is 1. The lowest BCUT2D eigenvalue weighted by Crippen LogP contribution is -2.44. The zero-order valence-electron chi connectivity index (χ0n) is 15.8. The van der Waals surface area contributed by atoms with Gasteiger partial charge in [-0.25, -0.2) is 14.0 Å². The molecule has 11 heteroatoms. The lowest BCUT2D eigenvalue weighted by molar-refractivity contribution is 0.0985. The smallest absolute Gasteiger partial charge is 0.177 e. The van der Waals surface area contributed by atoms with E-state index in [9.17, 15) is 4.21 Å². The van der Waals surface area contributed by atoms with Crippen molar-refractivity contribution in [1.29, 1.82) is 4.78 Å². The van der Waals surface area contributed by atoms with Gasteiger partial charge in [-0.3, -0.25) is 9.40 Å². The van der Waals surface area contributed by atoms with Gasteiger partial charge in [0.1, 0.15) is 15.7 Å². The molecule has 28 heavy (non-hydrogen) atoms. The molecule has 0 aromatic carbocycles. The Morgan fingerprint density at radius 1 is 1.39 bits per heavy atom. The van der Waals surface area contributed by atoms with Crippen LogP contribution in [0.4, 0.5) is 11.5 Å². The van der Waals surface area contributed by atoms with Crippen molar-refractivity contribution in [2.24, 2.45) is 0 Å². The molecule has 0 radical (unpaired) electrons. The van der Waals surface area contributed by atoms with Crippen LogP contribution in [0.25, 0.3) is 16.9 Å². The molecular formula is C17H22N8O2S. The summed E-state index contributed by atoms with van der Waals surface area (Å²) < 4.78 is 29.8. The van der Waals surface area contributed by atoms with E-state index in [0.717, 1.165) is 29.0 Å². The molecule has 2 N–H and O–H groups in total. The molecule has 0 aliphatic carbocycles. The molecule has 0 amide bonds. The van der Waals surface area contributed by atoms with Crippen molar-refractivity contribution in [1.82, 2.24) is 25.0 Å². The SMILES string of the molecule is C[C@@H]1COCCN1c1nc2c(cnn2-c2cc[nH]n2)c2c1CCN2S(C)(=N)=O. The van der Waals surface area contributed by atoms with E-state index in [2.05, 4.69) is 27.1 Å². The minimum absolute atomic E-state index is 0.181. The van der Waals surface area contributed by atoms with Crippen molar-refractivity contribution in [3.05, 3.63) is 24.0 Å². The third-order valence-electron chi connectivity index (χ3n) is 5.34. The fourth-order valence-electron chi connectivity index (χ4n) is 4.06. The summed E-state index contributed by atoms with van der Waals surface area (Å²) in [5.74, 6) is 1.50. The third-order valence-corrected chi connectivity index (χ3v) is 6.55. The second kappa shape index (κ2) is 6.17. The molecule has 0 saturated carbocycles. The van der Waals surface area contributed by atoms with Gasteiger partial charge in [0.15, 0.2) is 11.5 Å². The van der Waals surface area contributed by atoms with Crippen LogP contribution in [0.1, 0.15) is 12.5 Å². The lowest BCUT2D eigenvalue weighted by Gasteiger charge is -2.35. The van der Waals surface area contributed by atoms with Gasteiger partial charge in [-0.05, 0) is 13.3 Å². The van der Waals surface area contributed by atoms with Gasteiger partial charge in [-0.1, -0.05) is 0 Å². The van der Waals surface area contributed by atoms with Gasteiger partial charge in [0, 0.05) is 37.2 Å². The Hall–Kier alpha value is -2.66. The summed E-state index contributed by atoms with van der Waals surface area (Å²) in [5.41, 5.74) is 2.49. The number of ether oxygens (including phenoxy) is 1. The van der Waals surface area contributed by atoms with Crippen molar-refractivity contribution in [2.75, 3.05) is 41.8 Å². The summed E-state index contributed by atoms with van der Waals surface area (Å²) in [6.45, 7) is 4.67. The molecule has 3 aromatic rings. The number of nitrogens with zero attached hydrogens (tertiary/aromatic N) is 6. The second-order valence-electron chi connectivity index (χ2n) is 7.26. The number of hydrogen-bond acceptors (Lipinski definition) is 7. The highest BCUT2D eigenvalue weighted by atomic mass is 32.2. The first kappa shape index (κ1) is 17.4. The van der Waals surface area contributed by atoms with E-state index in [1.165, 1.54) is 6.26 Å². The zero-order valence-corrected chi connectivity index (χ0v) is 16.6. The number of aromatic nitrogens is 5. The highest BCUT2D eigenvalue weighted by Crippen LogP contribution is 2.42. The maximum Gasteiger partial charge on any atom is 0.177 e. The van der Waals surface area contributed by atoms with E-state index in [4.69, 9.17) is 14.5 Å². The van der Waals surface area contributed by atoms with Crippen LogP contribution in [0.2, 0.25) is 0 Å². The van der Waals surface area contributed by atoms with E-state index in [1.54, 1.807) is 21.4 Å². The highest BCUT2D eigenvalue weighted by Gasteiger charge is 2.34. The average molecular weight is 402 g/mol. The van der Waals surface area contributed by atoms with Crippen molar-refractivity contribution in [3.63, 3.8) is 0 Å². The van der Waals surface area contributed by atoms with E-state index < -0.39 is 9.92 Å². The topological polar surface area (TPSA) is 116 Å². The number of fused-ring (bicyclic) bond motifs is 3. The van der Waals surface area contributed by atoms with Crippen LogP contribution in [0, 0.1) is 4.78 Å². The van der Waals surface area contributed by atoms with Crippen molar-refractivity contribution in [3.8, 4) is 5.82 Å². The molecule has 0 spiro atoms. The lowest BCUT2D eigenvalue weighted by atomic mass is 10.1. The van der Waals surface area contributed by atoms with Crippen molar-refractivity contribution < 1.29 is 8.95 Å². The number of rotatable bonds is 3. The summed E-state index contributed by atoms with van der Waals surface area (Å²) in [5, 5.41) is 12.3. The maximum absolute atomic E-state index is 12.7. The summed E-state index contributed by atoms with van der Waals surface area (Å²) >= 11 is 0. The molecule has 1 unspecified atom stereocenters.